The molecule has 0 fully saturated rings. The molecule has 1 N–H and O–H groups in total. The van der Waals surface area contributed by atoms with Crippen molar-refractivity contribution in [1.82, 2.24) is 0 Å². The first kappa shape index (κ1) is 10.7. The molecule has 0 amide bonds. The summed E-state index contributed by atoms with van der Waals surface area (Å²) in [6.45, 7) is 3.79. The second-order valence-corrected chi connectivity index (χ2v) is 3.54. The summed E-state index contributed by atoms with van der Waals surface area (Å²) in [4.78, 5) is 9.91. The quantitative estimate of drug-likeness (QED) is 0.594. The second kappa shape index (κ2) is 4.19. The third kappa shape index (κ3) is 2.29. The molecule has 0 aliphatic carbocycles. The highest BCUT2D eigenvalue weighted by Gasteiger charge is 2.13. The van der Waals surface area contributed by atoms with Crippen molar-refractivity contribution in [3.05, 3.63) is 39.9 Å². The average molecular weight is 195 g/mol. The number of nitro groups is 1. The molecule has 0 aliphatic heterocycles. The smallest absolute Gasteiger partial charge is 0.269 e. The van der Waals surface area contributed by atoms with Gasteiger partial charge in [-0.2, -0.15) is 0 Å². The zero-order chi connectivity index (χ0) is 10.7. The van der Waals surface area contributed by atoms with E-state index in [1.807, 2.05) is 13.8 Å². The van der Waals surface area contributed by atoms with Crippen LogP contribution in [-0.4, -0.2) is 10.0 Å². The van der Waals surface area contributed by atoms with Crippen LogP contribution in [0.3, 0.4) is 0 Å². The van der Waals surface area contributed by atoms with Crippen molar-refractivity contribution < 1.29 is 10.0 Å². The first-order valence-corrected chi connectivity index (χ1v) is 4.45. The summed E-state index contributed by atoms with van der Waals surface area (Å²) in [7, 11) is 0. The molecule has 0 aliphatic rings. The van der Waals surface area contributed by atoms with E-state index in [1.165, 1.54) is 12.1 Å². The lowest BCUT2D eigenvalue weighted by molar-refractivity contribution is -0.384. The van der Waals surface area contributed by atoms with E-state index in [4.69, 9.17) is 0 Å². The van der Waals surface area contributed by atoms with Crippen molar-refractivity contribution in [2.75, 3.05) is 0 Å². The van der Waals surface area contributed by atoms with E-state index in [2.05, 4.69) is 0 Å². The third-order valence-corrected chi connectivity index (χ3v) is 2.08. The predicted molar refractivity (Wildman–Crippen MR) is 52.9 cm³/mol. The maximum absolute atomic E-state index is 10.4. The summed E-state index contributed by atoms with van der Waals surface area (Å²) in [5, 5.41) is 20.0. The van der Waals surface area contributed by atoms with E-state index in [-0.39, 0.29) is 11.6 Å². The standard InChI is InChI=1S/C10H13NO3/c1-7(2)10(12)8-3-5-9(6-4-8)11(13)14/h3-7,10,12H,1-2H3. The predicted octanol–water partition coefficient (Wildman–Crippen LogP) is 2.28. The van der Waals surface area contributed by atoms with E-state index in [1.54, 1.807) is 12.1 Å². The van der Waals surface area contributed by atoms with Crippen LogP contribution in [0.1, 0.15) is 25.5 Å². The van der Waals surface area contributed by atoms with Crippen LogP contribution < -0.4 is 0 Å². The fourth-order valence-electron chi connectivity index (χ4n) is 1.18. The van der Waals surface area contributed by atoms with Crippen LogP contribution in [0.4, 0.5) is 5.69 Å². The molecule has 0 heterocycles. The van der Waals surface area contributed by atoms with Crippen LogP contribution in [0.5, 0.6) is 0 Å². The summed E-state index contributed by atoms with van der Waals surface area (Å²) < 4.78 is 0. The number of aliphatic hydroxyl groups is 1. The molecule has 0 aromatic heterocycles. The lowest BCUT2D eigenvalue weighted by atomic mass is 9.99. The summed E-state index contributed by atoms with van der Waals surface area (Å²) in [6.07, 6.45) is -0.559. The largest absolute Gasteiger partial charge is 0.388 e. The van der Waals surface area contributed by atoms with Crippen molar-refractivity contribution in [2.24, 2.45) is 5.92 Å². The van der Waals surface area contributed by atoms with Crippen molar-refractivity contribution in [3.63, 3.8) is 0 Å². The normalized spacial score (nSPS) is 12.9. The number of nitrogens with zero attached hydrogens (tertiary/aromatic N) is 1. The molecule has 0 bridgehead atoms. The molecule has 76 valence electrons. The lowest BCUT2D eigenvalue weighted by Crippen LogP contribution is -2.05. The Bertz CT molecular complexity index is 319. The van der Waals surface area contributed by atoms with Gasteiger partial charge in [-0.3, -0.25) is 10.1 Å². The van der Waals surface area contributed by atoms with Gasteiger partial charge in [0.2, 0.25) is 0 Å². The minimum absolute atomic E-state index is 0.0460. The molecule has 4 heteroatoms. The number of hydrogen-bond acceptors (Lipinski definition) is 3. The van der Waals surface area contributed by atoms with Gasteiger partial charge in [-0.15, -0.1) is 0 Å². The van der Waals surface area contributed by atoms with Gasteiger partial charge in [0, 0.05) is 12.1 Å². The summed E-state index contributed by atoms with van der Waals surface area (Å²) in [6, 6.07) is 5.98. The number of rotatable bonds is 3. The van der Waals surface area contributed by atoms with Crippen LogP contribution in [-0.2, 0) is 0 Å². The number of benzene rings is 1. The summed E-state index contributed by atoms with van der Waals surface area (Å²) in [5.41, 5.74) is 0.760. The van der Waals surface area contributed by atoms with Crippen molar-refractivity contribution in [2.45, 2.75) is 20.0 Å². The Labute approximate surface area is 82.3 Å². The van der Waals surface area contributed by atoms with E-state index >= 15 is 0 Å². The molecule has 1 atom stereocenters. The average Bonchev–Trinajstić information content (AvgIpc) is 2.16. The zero-order valence-electron chi connectivity index (χ0n) is 8.18. The minimum Gasteiger partial charge on any atom is -0.388 e. The Morgan fingerprint density at radius 3 is 2.14 bits per heavy atom. The fourth-order valence-corrected chi connectivity index (χ4v) is 1.18. The van der Waals surface area contributed by atoms with Gasteiger partial charge in [-0.05, 0) is 23.6 Å². The molecule has 4 nitrogen and oxygen atoms in total. The number of aliphatic hydroxyl groups excluding tert-OH is 1. The highest BCUT2D eigenvalue weighted by molar-refractivity contribution is 5.33. The van der Waals surface area contributed by atoms with Gasteiger partial charge in [0.15, 0.2) is 0 Å². The van der Waals surface area contributed by atoms with Crippen LogP contribution in [0.15, 0.2) is 24.3 Å². The van der Waals surface area contributed by atoms with E-state index in [0.717, 1.165) is 0 Å². The van der Waals surface area contributed by atoms with Crippen LogP contribution >= 0.6 is 0 Å². The van der Waals surface area contributed by atoms with Gasteiger partial charge >= 0.3 is 0 Å². The van der Waals surface area contributed by atoms with Gasteiger partial charge in [0.25, 0.3) is 5.69 Å². The molecule has 1 rings (SSSR count). The Balaban J connectivity index is 2.88. The number of nitro benzene ring substituents is 1. The van der Waals surface area contributed by atoms with E-state index < -0.39 is 11.0 Å². The molecule has 0 spiro atoms. The molecular formula is C10H13NO3. The number of non-ortho nitro benzene ring substituents is 1. The molecule has 1 aromatic rings. The molecule has 1 unspecified atom stereocenters. The maximum atomic E-state index is 10.4. The zero-order valence-corrected chi connectivity index (χ0v) is 8.18. The van der Waals surface area contributed by atoms with Gasteiger partial charge in [0.05, 0.1) is 11.0 Å². The minimum atomic E-state index is -0.559. The molecule has 14 heavy (non-hydrogen) atoms. The maximum Gasteiger partial charge on any atom is 0.269 e. The second-order valence-electron chi connectivity index (χ2n) is 3.54. The Morgan fingerprint density at radius 1 is 1.29 bits per heavy atom. The molecule has 1 aromatic carbocycles. The SMILES string of the molecule is CC(C)C(O)c1ccc([N+](=O)[O-])cc1. The summed E-state index contributed by atoms with van der Waals surface area (Å²) >= 11 is 0. The van der Waals surface area contributed by atoms with Gasteiger partial charge in [-0.1, -0.05) is 13.8 Å². The van der Waals surface area contributed by atoms with Crippen molar-refractivity contribution in [3.8, 4) is 0 Å². The van der Waals surface area contributed by atoms with Gasteiger partial charge < -0.3 is 5.11 Å². The monoisotopic (exact) mass is 195 g/mol. The topological polar surface area (TPSA) is 63.4 Å². The van der Waals surface area contributed by atoms with Gasteiger partial charge in [-0.25, -0.2) is 0 Å². The molecule has 0 saturated heterocycles. The van der Waals surface area contributed by atoms with Crippen LogP contribution in [0.2, 0.25) is 0 Å². The Hall–Kier alpha value is -1.42. The number of hydrogen-bond donors (Lipinski definition) is 1. The Morgan fingerprint density at radius 2 is 1.79 bits per heavy atom. The highest BCUT2D eigenvalue weighted by atomic mass is 16.6. The Kier molecular flexibility index (Phi) is 3.19. The van der Waals surface area contributed by atoms with Crippen molar-refractivity contribution >= 4 is 5.69 Å². The van der Waals surface area contributed by atoms with Crippen LogP contribution in [0.25, 0.3) is 0 Å². The molecule has 0 saturated carbocycles. The van der Waals surface area contributed by atoms with E-state index in [0.29, 0.717) is 5.56 Å². The highest BCUT2D eigenvalue weighted by Crippen LogP contribution is 2.23. The van der Waals surface area contributed by atoms with Crippen molar-refractivity contribution in [1.29, 1.82) is 0 Å². The van der Waals surface area contributed by atoms with Gasteiger partial charge in [0.1, 0.15) is 0 Å². The first-order chi connectivity index (χ1) is 6.52. The van der Waals surface area contributed by atoms with Crippen LogP contribution in [0, 0.1) is 16.0 Å². The van der Waals surface area contributed by atoms with E-state index in [9.17, 15) is 15.2 Å². The molecule has 0 radical (unpaired) electrons. The lowest BCUT2D eigenvalue weighted by Gasteiger charge is -2.13. The summed E-state index contributed by atoms with van der Waals surface area (Å²) in [5.74, 6) is 0.108. The fraction of sp³-hybridized carbons (Fsp3) is 0.400. The first-order valence-electron chi connectivity index (χ1n) is 4.45. The third-order valence-electron chi connectivity index (χ3n) is 2.08. The molecular weight excluding hydrogens is 182 g/mol.